The molecule has 1 unspecified atom stereocenters. The van der Waals surface area contributed by atoms with Crippen molar-refractivity contribution >= 4 is 11.8 Å². The summed E-state index contributed by atoms with van der Waals surface area (Å²) in [6, 6.07) is 0.288. The first-order valence-corrected chi connectivity index (χ1v) is 6.57. The summed E-state index contributed by atoms with van der Waals surface area (Å²) in [5.74, 6) is -0.213. The highest BCUT2D eigenvalue weighted by molar-refractivity contribution is 5.90. The van der Waals surface area contributed by atoms with E-state index in [1.807, 2.05) is 6.92 Å². The predicted molar refractivity (Wildman–Crippen MR) is 67.5 cm³/mol. The number of nitrogens with one attached hydrogen (secondary N) is 2. The molecule has 0 aromatic rings. The standard InChI is InChI=1S/C13H24N2O2/c1-4-13(3,15-10(2)16)12(17)14-11-8-6-5-7-9-11/h11H,4-9H2,1-3H3,(H,14,17)(H,15,16). The lowest BCUT2D eigenvalue weighted by Crippen LogP contribution is -2.57. The van der Waals surface area contributed by atoms with Gasteiger partial charge in [-0.15, -0.1) is 0 Å². The van der Waals surface area contributed by atoms with E-state index < -0.39 is 5.54 Å². The maximum Gasteiger partial charge on any atom is 0.245 e. The number of hydrogen-bond acceptors (Lipinski definition) is 2. The van der Waals surface area contributed by atoms with E-state index in [9.17, 15) is 9.59 Å². The van der Waals surface area contributed by atoms with Crippen molar-refractivity contribution in [3.05, 3.63) is 0 Å². The molecule has 98 valence electrons. The van der Waals surface area contributed by atoms with Crippen LogP contribution in [0.1, 0.15) is 59.3 Å². The van der Waals surface area contributed by atoms with Gasteiger partial charge >= 0.3 is 0 Å². The lowest BCUT2D eigenvalue weighted by molar-refractivity contribution is -0.133. The second kappa shape index (κ2) is 6.03. The SMILES string of the molecule is CCC(C)(NC(C)=O)C(=O)NC1CCCCC1. The molecule has 0 aliphatic heterocycles. The highest BCUT2D eigenvalue weighted by atomic mass is 16.2. The van der Waals surface area contributed by atoms with Gasteiger partial charge in [0.05, 0.1) is 0 Å². The second-order valence-electron chi connectivity index (χ2n) is 5.18. The lowest BCUT2D eigenvalue weighted by Gasteiger charge is -2.31. The van der Waals surface area contributed by atoms with Gasteiger partial charge in [0.1, 0.15) is 5.54 Å². The van der Waals surface area contributed by atoms with Crippen LogP contribution in [0.5, 0.6) is 0 Å². The molecule has 0 radical (unpaired) electrons. The Morgan fingerprint density at radius 3 is 2.29 bits per heavy atom. The number of carbonyl (C=O) groups is 2. The summed E-state index contributed by atoms with van der Waals surface area (Å²) in [5.41, 5.74) is -0.775. The van der Waals surface area contributed by atoms with Gasteiger partial charge in [-0.25, -0.2) is 0 Å². The summed E-state index contributed by atoms with van der Waals surface area (Å²) in [4.78, 5) is 23.3. The Bertz CT molecular complexity index is 285. The van der Waals surface area contributed by atoms with E-state index in [-0.39, 0.29) is 17.9 Å². The van der Waals surface area contributed by atoms with E-state index in [1.165, 1.54) is 26.2 Å². The normalized spacial score (nSPS) is 20.4. The molecule has 4 heteroatoms. The van der Waals surface area contributed by atoms with Crippen molar-refractivity contribution in [1.82, 2.24) is 10.6 Å². The fourth-order valence-corrected chi connectivity index (χ4v) is 2.29. The first kappa shape index (κ1) is 14.0. The van der Waals surface area contributed by atoms with Gasteiger partial charge < -0.3 is 10.6 Å². The van der Waals surface area contributed by atoms with E-state index in [4.69, 9.17) is 0 Å². The van der Waals surface area contributed by atoms with Crippen LogP contribution in [0.25, 0.3) is 0 Å². The van der Waals surface area contributed by atoms with E-state index in [2.05, 4.69) is 10.6 Å². The molecule has 1 aliphatic rings. The van der Waals surface area contributed by atoms with E-state index in [1.54, 1.807) is 6.92 Å². The number of carbonyl (C=O) groups excluding carboxylic acids is 2. The third-order valence-electron chi connectivity index (χ3n) is 3.60. The van der Waals surface area contributed by atoms with E-state index in [0.717, 1.165) is 12.8 Å². The molecule has 0 saturated heterocycles. The minimum atomic E-state index is -0.775. The Balaban J connectivity index is 2.55. The zero-order valence-corrected chi connectivity index (χ0v) is 11.1. The minimum absolute atomic E-state index is 0.0536. The highest BCUT2D eigenvalue weighted by Crippen LogP contribution is 2.19. The third-order valence-corrected chi connectivity index (χ3v) is 3.60. The van der Waals surface area contributed by atoms with Crippen molar-refractivity contribution in [1.29, 1.82) is 0 Å². The first-order chi connectivity index (χ1) is 7.98. The van der Waals surface area contributed by atoms with Gasteiger partial charge in [-0.3, -0.25) is 9.59 Å². The summed E-state index contributed by atoms with van der Waals surface area (Å²) in [6.45, 7) is 5.14. The largest absolute Gasteiger partial charge is 0.351 e. The van der Waals surface area contributed by atoms with Gasteiger partial charge in [0.25, 0.3) is 0 Å². The van der Waals surface area contributed by atoms with Crippen molar-refractivity contribution in [2.45, 2.75) is 70.9 Å². The fourth-order valence-electron chi connectivity index (χ4n) is 2.29. The summed E-state index contributed by atoms with van der Waals surface area (Å²) in [5, 5.41) is 5.81. The molecule has 0 heterocycles. The van der Waals surface area contributed by atoms with Crippen LogP contribution in [-0.4, -0.2) is 23.4 Å². The Kier molecular flexibility index (Phi) is 4.97. The Hall–Kier alpha value is -1.06. The van der Waals surface area contributed by atoms with Gasteiger partial charge in [0.2, 0.25) is 11.8 Å². The molecular weight excluding hydrogens is 216 g/mol. The van der Waals surface area contributed by atoms with Gasteiger partial charge in [-0.05, 0) is 26.2 Å². The van der Waals surface area contributed by atoms with Gasteiger partial charge in [0, 0.05) is 13.0 Å². The molecule has 0 spiro atoms. The van der Waals surface area contributed by atoms with Crippen LogP contribution in [0.3, 0.4) is 0 Å². The van der Waals surface area contributed by atoms with Crippen LogP contribution < -0.4 is 10.6 Å². The monoisotopic (exact) mass is 240 g/mol. The van der Waals surface area contributed by atoms with Gasteiger partial charge in [0.15, 0.2) is 0 Å². The summed E-state index contributed by atoms with van der Waals surface area (Å²) in [6.07, 6.45) is 6.37. The maximum absolute atomic E-state index is 12.2. The molecule has 1 atom stereocenters. The van der Waals surface area contributed by atoms with Crippen molar-refractivity contribution < 1.29 is 9.59 Å². The lowest BCUT2D eigenvalue weighted by atomic mass is 9.92. The fraction of sp³-hybridized carbons (Fsp3) is 0.846. The Labute approximate surface area is 104 Å². The van der Waals surface area contributed by atoms with E-state index in [0.29, 0.717) is 6.42 Å². The molecule has 17 heavy (non-hydrogen) atoms. The summed E-state index contributed by atoms with van der Waals surface area (Å²) >= 11 is 0. The Morgan fingerprint density at radius 2 is 1.82 bits per heavy atom. The van der Waals surface area contributed by atoms with Crippen molar-refractivity contribution in [2.24, 2.45) is 0 Å². The predicted octanol–water partition coefficient (Wildman–Crippen LogP) is 1.74. The molecular formula is C13H24N2O2. The maximum atomic E-state index is 12.2. The van der Waals surface area contributed by atoms with Crippen molar-refractivity contribution in [3.63, 3.8) is 0 Å². The van der Waals surface area contributed by atoms with Crippen LogP contribution in [0.2, 0.25) is 0 Å². The minimum Gasteiger partial charge on any atom is -0.351 e. The second-order valence-corrected chi connectivity index (χ2v) is 5.18. The molecule has 1 rings (SSSR count). The molecule has 2 amide bonds. The van der Waals surface area contributed by atoms with Crippen LogP contribution >= 0.6 is 0 Å². The molecule has 1 aliphatic carbocycles. The molecule has 4 nitrogen and oxygen atoms in total. The smallest absolute Gasteiger partial charge is 0.245 e. The van der Waals surface area contributed by atoms with Crippen molar-refractivity contribution in [3.8, 4) is 0 Å². The van der Waals surface area contributed by atoms with Gasteiger partial charge in [-0.1, -0.05) is 26.2 Å². The summed E-state index contributed by atoms with van der Waals surface area (Å²) in [7, 11) is 0. The molecule has 0 aromatic heterocycles. The number of amides is 2. The van der Waals surface area contributed by atoms with Crippen LogP contribution in [0, 0.1) is 0 Å². The average Bonchev–Trinajstić information content (AvgIpc) is 2.29. The number of hydrogen-bond donors (Lipinski definition) is 2. The highest BCUT2D eigenvalue weighted by Gasteiger charge is 2.33. The first-order valence-electron chi connectivity index (χ1n) is 6.57. The molecule has 1 saturated carbocycles. The quantitative estimate of drug-likeness (QED) is 0.786. The molecule has 2 N–H and O–H groups in total. The third kappa shape index (κ3) is 4.02. The molecule has 0 bridgehead atoms. The topological polar surface area (TPSA) is 58.2 Å². The van der Waals surface area contributed by atoms with Gasteiger partial charge in [-0.2, -0.15) is 0 Å². The average molecular weight is 240 g/mol. The van der Waals surface area contributed by atoms with Crippen molar-refractivity contribution in [2.75, 3.05) is 0 Å². The molecule has 0 aromatic carbocycles. The number of rotatable bonds is 4. The van der Waals surface area contributed by atoms with E-state index >= 15 is 0 Å². The zero-order valence-electron chi connectivity index (χ0n) is 11.1. The summed E-state index contributed by atoms with van der Waals surface area (Å²) < 4.78 is 0. The molecule has 1 fully saturated rings. The van der Waals surface area contributed by atoms with Crippen LogP contribution in [0.4, 0.5) is 0 Å². The Morgan fingerprint density at radius 1 is 1.24 bits per heavy atom. The zero-order chi connectivity index (χ0) is 12.9. The van der Waals surface area contributed by atoms with Crippen LogP contribution in [0.15, 0.2) is 0 Å². The van der Waals surface area contributed by atoms with Crippen LogP contribution in [-0.2, 0) is 9.59 Å².